The molecule has 1 aromatic heterocycles. The van der Waals surface area contributed by atoms with Crippen molar-refractivity contribution in [1.82, 2.24) is 20.2 Å². The van der Waals surface area contributed by atoms with E-state index < -0.39 is 0 Å². The van der Waals surface area contributed by atoms with Gasteiger partial charge in [0.2, 0.25) is 0 Å². The van der Waals surface area contributed by atoms with E-state index in [0.717, 1.165) is 29.3 Å². The van der Waals surface area contributed by atoms with Gasteiger partial charge in [-0.3, -0.25) is 0 Å². The Balaban J connectivity index is 2.77. The molecule has 0 amide bonds. The molecule has 0 aliphatic carbocycles. The molecule has 0 bridgehead atoms. The minimum absolute atomic E-state index is 0.178. The lowest BCUT2D eigenvalue weighted by molar-refractivity contribution is 0.298. The summed E-state index contributed by atoms with van der Waals surface area (Å²) in [7, 11) is 1.79. The number of hydrogen-bond donors (Lipinski definition) is 0. The molecule has 16 heavy (non-hydrogen) atoms. The summed E-state index contributed by atoms with van der Waals surface area (Å²) in [6.45, 7) is 4.48. The van der Waals surface area contributed by atoms with E-state index >= 15 is 0 Å². The zero-order valence-corrected chi connectivity index (χ0v) is 13.1. The first-order chi connectivity index (χ1) is 7.51. The van der Waals surface area contributed by atoms with Crippen molar-refractivity contribution >= 4 is 31.9 Å². The van der Waals surface area contributed by atoms with Gasteiger partial charge in [-0.15, -0.1) is 10.2 Å². The van der Waals surface area contributed by atoms with Crippen molar-refractivity contribution < 1.29 is 0 Å². The van der Waals surface area contributed by atoms with Crippen LogP contribution in [0.15, 0.2) is 0 Å². The Kier molecular flexibility index (Phi) is 5.37. The molecule has 0 aromatic carbocycles. The smallest absolute Gasteiger partial charge is 0.167 e. The van der Waals surface area contributed by atoms with Gasteiger partial charge >= 0.3 is 0 Å². The largest absolute Gasteiger partial charge is 0.175 e. The molecular weight excluding hydrogens is 336 g/mol. The highest BCUT2D eigenvalue weighted by molar-refractivity contribution is 9.09. The molecule has 4 nitrogen and oxygen atoms in total. The molecule has 0 spiro atoms. The van der Waals surface area contributed by atoms with E-state index in [-0.39, 0.29) is 5.41 Å². The summed E-state index contributed by atoms with van der Waals surface area (Å²) < 4.78 is 0. The van der Waals surface area contributed by atoms with Gasteiger partial charge in [-0.2, -0.15) is 4.80 Å². The second-order valence-corrected chi connectivity index (χ2v) is 5.86. The van der Waals surface area contributed by atoms with Gasteiger partial charge in [0.15, 0.2) is 5.82 Å². The molecule has 0 aliphatic rings. The molecule has 1 aromatic rings. The highest BCUT2D eigenvalue weighted by atomic mass is 79.9. The number of tetrazole rings is 1. The molecule has 1 rings (SSSR count). The van der Waals surface area contributed by atoms with Gasteiger partial charge in [0.25, 0.3) is 0 Å². The van der Waals surface area contributed by atoms with Crippen molar-refractivity contribution in [2.75, 3.05) is 10.7 Å². The molecule has 0 N–H and O–H groups in total. The van der Waals surface area contributed by atoms with Crippen LogP contribution in [0.5, 0.6) is 0 Å². The lowest BCUT2D eigenvalue weighted by atomic mass is 9.81. The maximum absolute atomic E-state index is 4.25. The summed E-state index contributed by atoms with van der Waals surface area (Å²) in [6, 6.07) is 0. The minimum Gasteiger partial charge on any atom is -0.167 e. The zero-order chi connectivity index (χ0) is 12.2. The summed E-state index contributed by atoms with van der Waals surface area (Å²) >= 11 is 7.23. The summed E-state index contributed by atoms with van der Waals surface area (Å²) in [6.07, 6.45) is 2.00. The number of aromatic nitrogens is 4. The van der Waals surface area contributed by atoms with Crippen molar-refractivity contribution in [3.05, 3.63) is 5.82 Å². The monoisotopic (exact) mass is 352 g/mol. The topological polar surface area (TPSA) is 43.6 Å². The molecule has 92 valence electrons. The van der Waals surface area contributed by atoms with E-state index in [1.54, 1.807) is 7.05 Å². The van der Waals surface area contributed by atoms with Crippen molar-refractivity contribution in [1.29, 1.82) is 0 Å². The van der Waals surface area contributed by atoms with Crippen LogP contribution in [0.3, 0.4) is 0 Å². The van der Waals surface area contributed by atoms with Crippen molar-refractivity contribution in [2.24, 2.45) is 18.4 Å². The lowest BCUT2D eigenvalue weighted by Gasteiger charge is -2.30. The number of aryl methyl sites for hydroxylation is 1. The Morgan fingerprint density at radius 2 is 1.94 bits per heavy atom. The van der Waals surface area contributed by atoms with Gasteiger partial charge in [-0.25, -0.2) is 0 Å². The average molecular weight is 354 g/mol. The van der Waals surface area contributed by atoms with E-state index in [0.29, 0.717) is 5.92 Å². The van der Waals surface area contributed by atoms with Gasteiger partial charge in [0.1, 0.15) is 0 Å². The molecule has 0 saturated heterocycles. The molecule has 0 radical (unpaired) electrons. The van der Waals surface area contributed by atoms with Crippen LogP contribution in [0, 0.1) is 11.3 Å². The summed E-state index contributed by atoms with van der Waals surface area (Å²) in [5.41, 5.74) is 0.178. The van der Waals surface area contributed by atoms with Crippen LogP contribution in [-0.4, -0.2) is 30.9 Å². The van der Waals surface area contributed by atoms with Crippen LogP contribution in [0.2, 0.25) is 0 Å². The van der Waals surface area contributed by atoms with Crippen LogP contribution < -0.4 is 0 Å². The summed E-state index contributed by atoms with van der Waals surface area (Å²) in [5, 5.41) is 14.1. The average Bonchev–Trinajstić information content (AvgIpc) is 2.62. The van der Waals surface area contributed by atoms with Crippen molar-refractivity contribution in [2.45, 2.75) is 26.7 Å². The first-order valence-electron chi connectivity index (χ1n) is 5.36. The van der Waals surface area contributed by atoms with Gasteiger partial charge in [0, 0.05) is 17.1 Å². The second-order valence-electron chi connectivity index (χ2n) is 4.74. The third kappa shape index (κ3) is 3.80. The SMILES string of the molecule is CC(C)CC(CBr)(CBr)Cc1nnn(C)n1. The van der Waals surface area contributed by atoms with E-state index in [1.807, 2.05) is 0 Å². The second kappa shape index (κ2) is 6.10. The third-order valence-electron chi connectivity index (χ3n) is 2.49. The van der Waals surface area contributed by atoms with Gasteiger partial charge in [-0.1, -0.05) is 45.7 Å². The van der Waals surface area contributed by atoms with Crippen LogP contribution in [0.1, 0.15) is 26.1 Å². The minimum atomic E-state index is 0.178. The summed E-state index contributed by atoms with van der Waals surface area (Å²) in [4.78, 5) is 1.51. The van der Waals surface area contributed by atoms with Crippen LogP contribution in [0.25, 0.3) is 0 Å². The fourth-order valence-corrected chi connectivity index (χ4v) is 3.69. The standard InChI is InChI=1S/C10H18Br2N4/c1-8(2)4-10(6-11,7-12)5-9-13-15-16(3)14-9/h8H,4-7H2,1-3H3. The molecular formula is C10H18Br2N4. The first kappa shape index (κ1) is 14.1. The number of halogens is 2. The van der Waals surface area contributed by atoms with E-state index in [4.69, 9.17) is 0 Å². The molecule has 0 atom stereocenters. The molecule has 0 saturated carbocycles. The zero-order valence-electron chi connectivity index (χ0n) is 9.95. The molecule has 0 fully saturated rings. The lowest BCUT2D eigenvalue weighted by Crippen LogP contribution is -2.30. The predicted octanol–water partition coefficient (Wildman–Crippen LogP) is 2.57. The quantitative estimate of drug-likeness (QED) is 0.738. The maximum Gasteiger partial charge on any atom is 0.175 e. The van der Waals surface area contributed by atoms with Gasteiger partial charge in [0.05, 0.1) is 7.05 Å². The van der Waals surface area contributed by atoms with E-state index in [2.05, 4.69) is 61.1 Å². The van der Waals surface area contributed by atoms with E-state index in [9.17, 15) is 0 Å². The predicted molar refractivity (Wildman–Crippen MR) is 72.0 cm³/mol. The van der Waals surface area contributed by atoms with Crippen molar-refractivity contribution in [3.63, 3.8) is 0 Å². The highest BCUT2D eigenvalue weighted by Gasteiger charge is 2.30. The Morgan fingerprint density at radius 3 is 2.31 bits per heavy atom. The van der Waals surface area contributed by atoms with Crippen molar-refractivity contribution in [3.8, 4) is 0 Å². The Bertz CT molecular complexity index is 320. The third-order valence-corrected chi connectivity index (χ3v) is 4.87. The molecule has 1 heterocycles. The number of hydrogen-bond acceptors (Lipinski definition) is 3. The number of rotatable bonds is 6. The maximum atomic E-state index is 4.25. The fourth-order valence-electron chi connectivity index (χ4n) is 1.91. The van der Waals surface area contributed by atoms with Crippen LogP contribution in [-0.2, 0) is 13.5 Å². The fraction of sp³-hybridized carbons (Fsp3) is 0.900. The molecule has 0 unspecified atom stereocenters. The summed E-state index contributed by atoms with van der Waals surface area (Å²) in [5.74, 6) is 1.48. The normalized spacial score (nSPS) is 12.4. The molecule has 0 aliphatic heterocycles. The Morgan fingerprint density at radius 1 is 1.31 bits per heavy atom. The highest BCUT2D eigenvalue weighted by Crippen LogP contribution is 2.33. The number of nitrogens with zero attached hydrogens (tertiary/aromatic N) is 4. The Labute approximate surface area is 113 Å². The molecule has 6 heteroatoms. The van der Waals surface area contributed by atoms with E-state index in [1.165, 1.54) is 4.80 Å². The van der Waals surface area contributed by atoms with Gasteiger partial charge in [-0.05, 0) is 23.0 Å². The number of alkyl halides is 2. The van der Waals surface area contributed by atoms with Crippen LogP contribution in [0.4, 0.5) is 0 Å². The first-order valence-corrected chi connectivity index (χ1v) is 7.60. The van der Waals surface area contributed by atoms with Gasteiger partial charge < -0.3 is 0 Å². The van der Waals surface area contributed by atoms with Crippen LogP contribution >= 0.6 is 31.9 Å². The Hall–Kier alpha value is 0.0300.